The van der Waals surface area contributed by atoms with Gasteiger partial charge in [-0.05, 0) is 38.5 Å². The Morgan fingerprint density at radius 1 is 0.450 bits per heavy atom. The van der Waals surface area contributed by atoms with Gasteiger partial charge in [-0.15, -0.1) is 23.2 Å². The Balaban J connectivity index is 0.000000114. The van der Waals surface area contributed by atoms with Crippen molar-refractivity contribution in [1.29, 1.82) is 0 Å². The fraction of sp³-hybridized carbons (Fsp3) is 0.629. The van der Waals surface area contributed by atoms with Crippen molar-refractivity contribution in [3.63, 3.8) is 0 Å². The number of halogens is 2. The first kappa shape index (κ1) is 59.3. The van der Waals surface area contributed by atoms with Gasteiger partial charge < -0.3 is 52.5 Å². The minimum absolute atomic E-state index is 0.0102. The molecule has 11 aliphatic rings. The SMILES string of the molecule is O=C(c1ccccc1)C(CCl)CCl.O=C(c1ccccc1)C1CC2COCC(C1)C21OCCO1.O=C(c1ccccc1)C1CC2COCC(C1)C2=O.O=C1CC2COCC(C1)C21OCCO1.OC1CC2COCC(C1)C21OCCO1. The molecule has 4 saturated carbocycles. The van der Waals surface area contributed by atoms with Gasteiger partial charge in [0, 0.05) is 106 Å². The van der Waals surface area contributed by atoms with Crippen molar-refractivity contribution in [2.45, 2.75) is 74.8 Å². The van der Waals surface area contributed by atoms with Crippen LogP contribution >= 0.6 is 23.2 Å². The first-order chi connectivity index (χ1) is 39.0. The van der Waals surface area contributed by atoms with Crippen molar-refractivity contribution in [3.05, 3.63) is 108 Å². The highest BCUT2D eigenvalue weighted by Crippen LogP contribution is 2.51. The predicted molar refractivity (Wildman–Crippen MR) is 292 cm³/mol. The fourth-order valence-corrected chi connectivity index (χ4v) is 14.7. The molecule has 3 spiro atoms. The summed E-state index contributed by atoms with van der Waals surface area (Å²) in [5.74, 6) is 0.913. The molecule has 0 radical (unpaired) electrons. The summed E-state index contributed by atoms with van der Waals surface area (Å²) >= 11 is 11.2. The van der Waals surface area contributed by atoms with Crippen LogP contribution in [0.1, 0.15) is 82.4 Å². The highest BCUT2D eigenvalue weighted by Gasteiger charge is 2.59. The fourth-order valence-electron chi connectivity index (χ4n) is 14.1. The first-order valence-corrected chi connectivity index (χ1v) is 29.8. The third kappa shape index (κ3) is 12.9. The Bertz CT molecular complexity index is 2470. The monoisotopic (exact) mass is 1150 g/mol. The van der Waals surface area contributed by atoms with E-state index in [0.717, 1.165) is 36.8 Å². The molecular formula is C62H76Cl2O16. The molecule has 18 heteroatoms. The van der Waals surface area contributed by atoms with E-state index < -0.39 is 17.4 Å². The number of Topliss-reactive ketones (excluding diaryl/α,β-unsaturated/α-hetero) is 5. The van der Waals surface area contributed by atoms with Gasteiger partial charge in [0.1, 0.15) is 11.6 Å². The third-order valence-corrected chi connectivity index (χ3v) is 18.7. The minimum Gasteiger partial charge on any atom is -0.393 e. The maximum atomic E-state index is 12.7. The predicted octanol–water partition coefficient (Wildman–Crippen LogP) is 7.86. The third-order valence-electron chi connectivity index (χ3n) is 18.0. The Hall–Kier alpha value is -3.85. The quantitative estimate of drug-likeness (QED) is 0.169. The molecular weight excluding hydrogens is 1070 g/mol. The van der Waals surface area contributed by atoms with E-state index in [1.807, 2.05) is 78.9 Å². The number of aliphatic hydroxyl groups excluding tert-OH is 1. The van der Waals surface area contributed by atoms with Gasteiger partial charge in [-0.2, -0.15) is 0 Å². The van der Waals surface area contributed by atoms with Gasteiger partial charge in [0.05, 0.1) is 98.6 Å². The van der Waals surface area contributed by atoms with E-state index in [4.69, 9.17) is 70.6 Å². The molecule has 8 atom stereocenters. The molecule has 16 nitrogen and oxygen atoms in total. The van der Waals surface area contributed by atoms with Gasteiger partial charge >= 0.3 is 0 Å². The number of rotatable bonds is 8. The topological polar surface area (TPSA) is 198 Å². The Kier molecular flexibility index (Phi) is 20.2. The van der Waals surface area contributed by atoms with Crippen LogP contribution in [0.3, 0.4) is 0 Å². The average Bonchev–Trinajstić information content (AvgIpc) is 4.32. The summed E-state index contributed by atoms with van der Waals surface area (Å²) in [7, 11) is 0. The summed E-state index contributed by atoms with van der Waals surface area (Å²) < 4.78 is 57.0. The van der Waals surface area contributed by atoms with Crippen molar-refractivity contribution >= 4 is 52.1 Å². The van der Waals surface area contributed by atoms with Gasteiger partial charge in [-0.25, -0.2) is 0 Å². The second-order valence-corrected chi connectivity index (χ2v) is 23.6. The molecule has 1 N–H and O–H groups in total. The number of alkyl halides is 2. The molecule has 80 heavy (non-hydrogen) atoms. The van der Waals surface area contributed by atoms with Crippen LogP contribution in [0.25, 0.3) is 0 Å². The van der Waals surface area contributed by atoms with E-state index in [9.17, 15) is 29.1 Å². The van der Waals surface area contributed by atoms with Crippen molar-refractivity contribution in [2.24, 2.45) is 65.1 Å². The molecule has 11 fully saturated rings. The smallest absolute Gasteiger partial charge is 0.179 e. The van der Waals surface area contributed by atoms with Crippen LogP contribution < -0.4 is 0 Å². The van der Waals surface area contributed by atoms with Crippen LogP contribution in [0.15, 0.2) is 91.0 Å². The van der Waals surface area contributed by atoms with Gasteiger partial charge in [0.15, 0.2) is 34.7 Å². The van der Waals surface area contributed by atoms with Crippen LogP contribution in [0.5, 0.6) is 0 Å². The Labute approximate surface area is 478 Å². The number of ether oxygens (including phenoxy) is 10. The van der Waals surface area contributed by atoms with Crippen molar-refractivity contribution in [2.75, 3.05) is 104 Å². The molecule has 3 aromatic rings. The summed E-state index contributed by atoms with van der Waals surface area (Å²) in [6.45, 7) is 8.76. The Morgan fingerprint density at radius 2 is 0.775 bits per heavy atom. The standard InChI is InChI=1S/C17H20O4.C15H16O3.C10H10Cl2O.C10H16O4.C10H14O4/c18-16(12-4-2-1-3-5-12)13-8-14-10-19-11-15(9-13)17(14)20-6-7-21-17;16-14(10-4-2-1-3-5-10)11-6-12-8-18-9-13(7-11)15(12)17;11-6-9(7-12)10(13)8-4-2-1-3-5-8;2*11-9-3-7-5-12-6-8(4-9)10(7)13-1-2-14-10/h1-5,13-15H,6-11H2;1-5,11-13H,6-9H2;1-5,9H,6-7H2;7-9,11H,1-6H2;7-8H,1-6H2. The van der Waals surface area contributed by atoms with Gasteiger partial charge in [-0.1, -0.05) is 91.0 Å². The molecule has 434 valence electrons. The molecule has 0 amide bonds. The first-order valence-electron chi connectivity index (χ1n) is 28.7. The number of fused-ring (bicyclic) bond motifs is 2. The highest BCUT2D eigenvalue weighted by molar-refractivity contribution is 6.24. The number of hydrogen-bond acceptors (Lipinski definition) is 16. The normalized spacial score (nSPS) is 32.7. The lowest BCUT2D eigenvalue weighted by atomic mass is 9.68. The van der Waals surface area contributed by atoms with Gasteiger partial charge in [0.2, 0.25) is 0 Å². The molecule has 7 saturated heterocycles. The second-order valence-electron chi connectivity index (χ2n) is 23.0. The maximum absolute atomic E-state index is 12.7. The molecule has 0 aromatic heterocycles. The molecule has 4 aliphatic carbocycles. The molecule has 14 rings (SSSR count). The van der Waals surface area contributed by atoms with Gasteiger partial charge in [-0.3, -0.25) is 24.0 Å². The summed E-state index contributed by atoms with van der Waals surface area (Å²) in [4.78, 5) is 60.1. The number of carbonyl (C=O) groups excluding carboxylic acids is 5. The van der Waals surface area contributed by atoms with Crippen molar-refractivity contribution in [3.8, 4) is 0 Å². The van der Waals surface area contributed by atoms with Crippen molar-refractivity contribution < 1.29 is 76.4 Å². The highest BCUT2D eigenvalue weighted by atomic mass is 35.5. The van der Waals surface area contributed by atoms with E-state index >= 15 is 0 Å². The zero-order valence-corrected chi connectivity index (χ0v) is 46.9. The molecule has 3 aromatic carbocycles. The summed E-state index contributed by atoms with van der Waals surface area (Å²) in [6.07, 6.45) is 5.30. The van der Waals surface area contributed by atoms with Crippen LogP contribution in [-0.4, -0.2) is 162 Å². The van der Waals surface area contributed by atoms with Crippen molar-refractivity contribution in [1.82, 2.24) is 0 Å². The maximum Gasteiger partial charge on any atom is 0.179 e. The van der Waals surface area contributed by atoms with E-state index in [2.05, 4.69) is 0 Å². The number of hydrogen-bond donors (Lipinski definition) is 1. The summed E-state index contributed by atoms with van der Waals surface area (Å²) in [6, 6.07) is 28.0. The molecule has 8 unspecified atom stereocenters. The van der Waals surface area contributed by atoms with E-state index in [-0.39, 0.29) is 100 Å². The number of aliphatic hydroxyl groups is 1. The molecule has 8 bridgehead atoms. The second kappa shape index (κ2) is 27.2. The van der Waals surface area contributed by atoms with E-state index in [0.29, 0.717) is 135 Å². The van der Waals surface area contributed by atoms with E-state index in [1.165, 1.54) is 0 Å². The van der Waals surface area contributed by atoms with Crippen LogP contribution in [0.2, 0.25) is 0 Å². The zero-order chi connectivity index (χ0) is 55.7. The lowest BCUT2D eigenvalue weighted by molar-refractivity contribution is -0.297. The summed E-state index contributed by atoms with van der Waals surface area (Å²) in [5, 5.41) is 9.69. The number of carbonyl (C=O) groups is 5. The zero-order valence-electron chi connectivity index (χ0n) is 45.4. The number of benzene rings is 3. The average molecular weight is 1150 g/mol. The Morgan fingerprint density at radius 3 is 1.16 bits per heavy atom. The lowest BCUT2D eigenvalue weighted by Crippen LogP contribution is -2.58. The van der Waals surface area contributed by atoms with Crippen LogP contribution in [-0.2, 0) is 57.0 Å². The summed E-state index contributed by atoms with van der Waals surface area (Å²) in [5.41, 5.74) is 2.25. The molecule has 7 aliphatic heterocycles. The minimum atomic E-state index is -0.480. The molecule has 7 heterocycles. The lowest BCUT2D eigenvalue weighted by Gasteiger charge is -2.50. The van der Waals surface area contributed by atoms with Gasteiger partial charge in [0.25, 0.3) is 0 Å². The van der Waals surface area contributed by atoms with Crippen LogP contribution in [0.4, 0.5) is 0 Å². The largest absolute Gasteiger partial charge is 0.393 e. The van der Waals surface area contributed by atoms with Crippen LogP contribution in [0, 0.1) is 65.1 Å². The van der Waals surface area contributed by atoms with E-state index in [1.54, 1.807) is 12.1 Å². The number of ketones is 5.